The van der Waals surface area contributed by atoms with Crippen molar-refractivity contribution >= 4 is 17.6 Å². The third-order valence-electron chi connectivity index (χ3n) is 4.53. The largest absolute Gasteiger partial charge is 0.368 e. The molecule has 1 fully saturated rings. The van der Waals surface area contributed by atoms with E-state index in [1.807, 2.05) is 0 Å². The molecule has 1 aromatic heterocycles. The van der Waals surface area contributed by atoms with E-state index in [0.29, 0.717) is 16.7 Å². The number of pyridine rings is 1. The zero-order valence-corrected chi connectivity index (χ0v) is 13.5. The number of nitriles is 1. The standard InChI is InChI=1S/C17H23N3S/c1-12-5-6-13-9-14(10-18)17(20-16(13)8-12)19-11-15-4-2-3-7-21-15/h9,12,15H,2-8,11H2,1H3,(H,19,20). The van der Waals surface area contributed by atoms with Crippen molar-refractivity contribution in [1.29, 1.82) is 5.26 Å². The number of nitrogens with one attached hydrogen (secondary N) is 1. The van der Waals surface area contributed by atoms with Crippen molar-refractivity contribution in [2.75, 3.05) is 17.6 Å². The second-order valence-electron chi connectivity index (χ2n) is 6.32. The lowest BCUT2D eigenvalue weighted by Crippen LogP contribution is -2.22. The Morgan fingerprint density at radius 2 is 2.33 bits per heavy atom. The molecule has 112 valence electrons. The molecule has 1 N–H and O–H groups in total. The van der Waals surface area contributed by atoms with Crippen LogP contribution in [0.5, 0.6) is 0 Å². The molecule has 2 unspecified atom stereocenters. The van der Waals surface area contributed by atoms with Gasteiger partial charge in [0.05, 0.1) is 5.56 Å². The van der Waals surface area contributed by atoms with Gasteiger partial charge in [-0.3, -0.25) is 0 Å². The zero-order chi connectivity index (χ0) is 14.7. The summed E-state index contributed by atoms with van der Waals surface area (Å²) in [6.45, 7) is 3.22. The summed E-state index contributed by atoms with van der Waals surface area (Å²) in [6.07, 6.45) is 7.29. The van der Waals surface area contributed by atoms with E-state index in [2.05, 4.69) is 36.1 Å². The second-order valence-corrected chi connectivity index (χ2v) is 7.73. The number of anilines is 1. The number of hydrogen-bond acceptors (Lipinski definition) is 4. The molecule has 4 heteroatoms. The molecule has 2 aliphatic rings. The van der Waals surface area contributed by atoms with Crippen molar-refractivity contribution < 1.29 is 0 Å². The molecule has 0 radical (unpaired) electrons. The number of aryl methyl sites for hydroxylation is 1. The van der Waals surface area contributed by atoms with Gasteiger partial charge < -0.3 is 5.32 Å². The molecular weight excluding hydrogens is 278 g/mol. The average Bonchev–Trinajstić information content (AvgIpc) is 2.53. The van der Waals surface area contributed by atoms with Gasteiger partial charge in [0.15, 0.2) is 0 Å². The molecule has 2 atom stereocenters. The molecule has 1 saturated heterocycles. The lowest BCUT2D eigenvalue weighted by atomic mass is 9.87. The summed E-state index contributed by atoms with van der Waals surface area (Å²) in [6, 6.07) is 4.37. The molecule has 1 aliphatic heterocycles. The van der Waals surface area contributed by atoms with E-state index in [0.717, 1.165) is 25.2 Å². The summed E-state index contributed by atoms with van der Waals surface area (Å²) in [5.74, 6) is 2.78. The molecule has 0 saturated carbocycles. The highest BCUT2D eigenvalue weighted by atomic mass is 32.2. The van der Waals surface area contributed by atoms with Gasteiger partial charge in [0.25, 0.3) is 0 Å². The Kier molecular flexibility index (Phi) is 4.70. The zero-order valence-electron chi connectivity index (χ0n) is 12.7. The topological polar surface area (TPSA) is 48.7 Å². The fourth-order valence-electron chi connectivity index (χ4n) is 3.22. The normalized spacial score (nSPS) is 25.0. The van der Waals surface area contributed by atoms with Crippen LogP contribution in [0.15, 0.2) is 6.07 Å². The van der Waals surface area contributed by atoms with Crippen LogP contribution in [0.4, 0.5) is 5.82 Å². The molecular formula is C17H23N3S. The summed E-state index contributed by atoms with van der Waals surface area (Å²) >= 11 is 2.05. The highest BCUT2D eigenvalue weighted by molar-refractivity contribution is 7.99. The molecule has 21 heavy (non-hydrogen) atoms. The minimum absolute atomic E-state index is 0.669. The maximum absolute atomic E-state index is 9.37. The van der Waals surface area contributed by atoms with Gasteiger partial charge in [0.1, 0.15) is 11.9 Å². The van der Waals surface area contributed by atoms with Crippen molar-refractivity contribution in [2.24, 2.45) is 5.92 Å². The average molecular weight is 301 g/mol. The predicted octanol–water partition coefficient (Wildman–Crippen LogP) is 3.78. The number of nitrogens with zero attached hydrogens (tertiary/aromatic N) is 2. The Hall–Kier alpha value is -1.21. The summed E-state index contributed by atoms with van der Waals surface area (Å²) in [7, 11) is 0. The lowest BCUT2D eigenvalue weighted by Gasteiger charge is -2.24. The maximum atomic E-state index is 9.37. The van der Waals surface area contributed by atoms with E-state index < -0.39 is 0 Å². The van der Waals surface area contributed by atoms with Crippen molar-refractivity contribution in [1.82, 2.24) is 4.98 Å². The molecule has 2 heterocycles. The summed E-state index contributed by atoms with van der Waals surface area (Å²) in [5.41, 5.74) is 3.19. The van der Waals surface area contributed by atoms with Gasteiger partial charge in [-0.1, -0.05) is 13.3 Å². The molecule has 0 bridgehead atoms. The minimum atomic E-state index is 0.669. The van der Waals surface area contributed by atoms with E-state index in [9.17, 15) is 5.26 Å². The molecule has 0 spiro atoms. The third-order valence-corrected chi connectivity index (χ3v) is 5.93. The van der Waals surface area contributed by atoms with Crippen molar-refractivity contribution in [2.45, 2.75) is 50.7 Å². The first-order chi connectivity index (χ1) is 10.3. The van der Waals surface area contributed by atoms with Crippen molar-refractivity contribution in [3.8, 4) is 6.07 Å². The van der Waals surface area contributed by atoms with E-state index in [1.54, 1.807) is 0 Å². The Morgan fingerprint density at radius 3 is 3.10 bits per heavy atom. The van der Waals surface area contributed by atoms with Crippen LogP contribution >= 0.6 is 11.8 Å². The Morgan fingerprint density at radius 1 is 1.43 bits per heavy atom. The summed E-state index contributed by atoms with van der Waals surface area (Å²) < 4.78 is 0. The quantitative estimate of drug-likeness (QED) is 0.923. The Labute approximate surface area is 131 Å². The molecule has 0 aromatic carbocycles. The van der Waals surface area contributed by atoms with E-state index in [1.165, 1.54) is 42.7 Å². The first-order valence-corrected chi connectivity index (χ1v) is 9.09. The molecule has 1 aromatic rings. The lowest BCUT2D eigenvalue weighted by molar-refractivity contribution is 0.492. The van der Waals surface area contributed by atoms with Gasteiger partial charge >= 0.3 is 0 Å². The van der Waals surface area contributed by atoms with Crippen LogP contribution < -0.4 is 5.32 Å². The number of rotatable bonds is 3. The van der Waals surface area contributed by atoms with Crippen molar-refractivity contribution in [3.05, 3.63) is 22.9 Å². The van der Waals surface area contributed by atoms with Crippen LogP contribution in [0.2, 0.25) is 0 Å². The van der Waals surface area contributed by atoms with Crippen molar-refractivity contribution in [3.63, 3.8) is 0 Å². The summed E-state index contributed by atoms with van der Waals surface area (Å²) in [5, 5.41) is 13.5. The Bertz CT molecular complexity index is 544. The highest BCUT2D eigenvalue weighted by Gasteiger charge is 2.20. The van der Waals surface area contributed by atoms with Crippen LogP contribution in [-0.2, 0) is 12.8 Å². The van der Waals surface area contributed by atoms with Gasteiger partial charge in [-0.05, 0) is 55.4 Å². The minimum Gasteiger partial charge on any atom is -0.368 e. The van der Waals surface area contributed by atoms with Gasteiger partial charge in [-0.25, -0.2) is 4.98 Å². The first kappa shape index (κ1) is 14.7. The van der Waals surface area contributed by atoms with Crippen LogP contribution in [0, 0.1) is 17.2 Å². The van der Waals surface area contributed by atoms with Crippen LogP contribution in [0.3, 0.4) is 0 Å². The third kappa shape index (κ3) is 3.52. The van der Waals surface area contributed by atoms with Crippen LogP contribution in [0.25, 0.3) is 0 Å². The molecule has 3 rings (SSSR count). The SMILES string of the molecule is CC1CCc2cc(C#N)c(NCC3CCCCS3)nc2C1. The molecule has 3 nitrogen and oxygen atoms in total. The van der Waals surface area contributed by atoms with Gasteiger partial charge in [0.2, 0.25) is 0 Å². The smallest absolute Gasteiger partial charge is 0.144 e. The Balaban J connectivity index is 1.74. The van der Waals surface area contributed by atoms with Crippen LogP contribution in [-0.4, -0.2) is 22.5 Å². The van der Waals surface area contributed by atoms with Gasteiger partial charge in [-0.15, -0.1) is 0 Å². The second kappa shape index (κ2) is 6.70. The number of hydrogen-bond donors (Lipinski definition) is 1. The monoisotopic (exact) mass is 301 g/mol. The fraction of sp³-hybridized carbons (Fsp3) is 0.647. The predicted molar refractivity (Wildman–Crippen MR) is 88.7 cm³/mol. The number of aromatic nitrogens is 1. The number of fused-ring (bicyclic) bond motifs is 1. The molecule has 0 amide bonds. The van der Waals surface area contributed by atoms with E-state index in [-0.39, 0.29) is 0 Å². The fourth-order valence-corrected chi connectivity index (χ4v) is 4.46. The first-order valence-electron chi connectivity index (χ1n) is 8.04. The van der Waals surface area contributed by atoms with E-state index in [4.69, 9.17) is 4.98 Å². The maximum Gasteiger partial charge on any atom is 0.144 e. The molecule has 1 aliphatic carbocycles. The summed E-state index contributed by atoms with van der Waals surface area (Å²) in [4.78, 5) is 4.78. The highest BCUT2D eigenvalue weighted by Crippen LogP contribution is 2.29. The van der Waals surface area contributed by atoms with Gasteiger partial charge in [0, 0.05) is 17.5 Å². The van der Waals surface area contributed by atoms with E-state index >= 15 is 0 Å². The van der Waals surface area contributed by atoms with Crippen LogP contribution in [0.1, 0.15) is 49.4 Å². The van der Waals surface area contributed by atoms with Gasteiger partial charge in [-0.2, -0.15) is 17.0 Å². The number of thioether (sulfide) groups is 1.